The van der Waals surface area contributed by atoms with E-state index in [-0.39, 0.29) is 0 Å². The zero-order valence-corrected chi connectivity index (χ0v) is 12.2. The van der Waals surface area contributed by atoms with E-state index in [1.165, 1.54) is 9.75 Å². The van der Waals surface area contributed by atoms with Crippen LogP contribution in [0.5, 0.6) is 0 Å². The summed E-state index contributed by atoms with van der Waals surface area (Å²) in [5.41, 5.74) is 2.59. The van der Waals surface area contributed by atoms with Crippen molar-refractivity contribution in [3.8, 4) is 0 Å². The van der Waals surface area contributed by atoms with Crippen molar-refractivity contribution < 1.29 is 0 Å². The summed E-state index contributed by atoms with van der Waals surface area (Å²) in [7, 11) is 0. The van der Waals surface area contributed by atoms with E-state index in [0.717, 1.165) is 18.2 Å². The van der Waals surface area contributed by atoms with Crippen molar-refractivity contribution in [2.75, 3.05) is 5.43 Å². The third-order valence-corrected chi connectivity index (χ3v) is 4.48. The molecule has 18 heavy (non-hydrogen) atoms. The number of hydrogen-bond donors (Lipinski definition) is 2. The first kappa shape index (κ1) is 13.5. The minimum atomic E-state index is 0.503. The summed E-state index contributed by atoms with van der Waals surface area (Å²) in [6, 6.07) is 4.78. The van der Waals surface area contributed by atoms with E-state index in [1.54, 1.807) is 22.7 Å². The normalized spacial score (nSPS) is 11.4. The van der Waals surface area contributed by atoms with Crippen LogP contribution in [0, 0.1) is 0 Å². The number of hydrogen-bond acceptors (Lipinski definition) is 6. The maximum Gasteiger partial charge on any atom is 0.197 e. The van der Waals surface area contributed by atoms with Crippen molar-refractivity contribution in [3.63, 3.8) is 0 Å². The molecule has 2 aromatic rings. The van der Waals surface area contributed by atoms with Crippen LogP contribution < -0.4 is 11.3 Å². The first-order valence-electron chi connectivity index (χ1n) is 5.87. The minimum Gasteiger partial charge on any atom is -0.300 e. The average Bonchev–Trinajstić information content (AvgIpc) is 2.99. The van der Waals surface area contributed by atoms with Gasteiger partial charge in [-0.05, 0) is 25.3 Å². The van der Waals surface area contributed by atoms with Crippen molar-refractivity contribution in [1.29, 1.82) is 0 Å². The second-order valence-electron chi connectivity index (χ2n) is 4.35. The molecule has 0 atom stereocenters. The van der Waals surface area contributed by atoms with E-state index in [1.807, 2.05) is 6.20 Å². The number of aromatic nitrogens is 1. The van der Waals surface area contributed by atoms with Gasteiger partial charge in [0.25, 0.3) is 0 Å². The molecule has 0 bridgehead atoms. The highest BCUT2D eigenvalue weighted by Gasteiger charge is 2.13. The molecule has 0 saturated heterocycles. The highest BCUT2D eigenvalue weighted by atomic mass is 32.1. The van der Waals surface area contributed by atoms with Gasteiger partial charge in [0.2, 0.25) is 0 Å². The quantitative estimate of drug-likeness (QED) is 0.632. The van der Waals surface area contributed by atoms with Gasteiger partial charge in [-0.15, -0.1) is 11.3 Å². The Kier molecular flexibility index (Phi) is 4.71. The lowest BCUT2D eigenvalue weighted by Crippen LogP contribution is -2.29. The minimum absolute atomic E-state index is 0.503. The molecule has 2 aromatic heterocycles. The largest absolute Gasteiger partial charge is 0.300 e. The Labute approximate surface area is 115 Å². The van der Waals surface area contributed by atoms with Gasteiger partial charge in [-0.2, -0.15) is 0 Å². The van der Waals surface area contributed by atoms with E-state index < -0.39 is 0 Å². The number of thiazole rings is 1. The fraction of sp³-hybridized carbons (Fsp3) is 0.417. The van der Waals surface area contributed by atoms with E-state index in [9.17, 15) is 0 Å². The lowest BCUT2D eigenvalue weighted by atomic mass is 10.3. The van der Waals surface area contributed by atoms with Crippen LogP contribution in [0.25, 0.3) is 0 Å². The molecule has 0 aliphatic carbocycles. The predicted octanol–water partition coefficient (Wildman–Crippen LogP) is 2.90. The smallest absolute Gasteiger partial charge is 0.197 e. The van der Waals surface area contributed by atoms with Crippen LogP contribution in [0.2, 0.25) is 0 Å². The standard InChI is InChI=1S/C12H18N4S2/c1-9(2)16(7-10-4-3-5-17-10)8-11-6-14-12(15-13)18-11/h3-6,9H,7-8,13H2,1-2H3,(H,14,15). The van der Waals surface area contributed by atoms with Crippen molar-refractivity contribution in [2.24, 2.45) is 5.84 Å². The Bertz CT molecular complexity index is 464. The lowest BCUT2D eigenvalue weighted by Gasteiger charge is -2.25. The van der Waals surface area contributed by atoms with E-state index in [2.05, 4.69) is 46.7 Å². The molecular weight excluding hydrogens is 264 g/mol. The Morgan fingerprint density at radius 3 is 2.72 bits per heavy atom. The molecule has 6 heteroatoms. The molecule has 2 rings (SSSR count). The van der Waals surface area contributed by atoms with Crippen molar-refractivity contribution >= 4 is 27.8 Å². The Balaban J connectivity index is 2.02. The van der Waals surface area contributed by atoms with Gasteiger partial charge < -0.3 is 0 Å². The predicted molar refractivity (Wildman–Crippen MR) is 78.6 cm³/mol. The zero-order chi connectivity index (χ0) is 13.0. The molecule has 0 saturated carbocycles. The van der Waals surface area contributed by atoms with Crippen LogP contribution in [0.15, 0.2) is 23.7 Å². The van der Waals surface area contributed by atoms with Gasteiger partial charge in [0.05, 0.1) is 0 Å². The molecule has 0 amide bonds. The number of nitrogens with zero attached hydrogens (tertiary/aromatic N) is 2. The molecule has 0 radical (unpaired) electrons. The lowest BCUT2D eigenvalue weighted by molar-refractivity contribution is 0.207. The topological polar surface area (TPSA) is 54.2 Å². The Morgan fingerprint density at radius 1 is 1.39 bits per heavy atom. The third-order valence-electron chi connectivity index (χ3n) is 2.71. The van der Waals surface area contributed by atoms with Gasteiger partial charge in [-0.3, -0.25) is 10.3 Å². The number of rotatable bonds is 6. The van der Waals surface area contributed by atoms with Gasteiger partial charge >= 0.3 is 0 Å². The van der Waals surface area contributed by atoms with E-state index in [0.29, 0.717) is 6.04 Å². The van der Waals surface area contributed by atoms with Crippen LogP contribution in [-0.2, 0) is 13.1 Å². The molecule has 0 aromatic carbocycles. The van der Waals surface area contributed by atoms with E-state index in [4.69, 9.17) is 5.84 Å². The summed E-state index contributed by atoms with van der Waals surface area (Å²) < 4.78 is 0. The molecule has 0 unspecified atom stereocenters. The first-order valence-corrected chi connectivity index (χ1v) is 7.56. The number of thiophene rings is 1. The van der Waals surface area contributed by atoms with Crippen LogP contribution in [0.1, 0.15) is 23.6 Å². The SMILES string of the molecule is CC(C)N(Cc1cccs1)Cc1cnc(NN)s1. The van der Waals surface area contributed by atoms with E-state index >= 15 is 0 Å². The second kappa shape index (κ2) is 6.29. The fourth-order valence-electron chi connectivity index (χ4n) is 1.67. The van der Waals surface area contributed by atoms with Crippen LogP contribution in [0.3, 0.4) is 0 Å². The summed E-state index contributed by atoms with van der Waals surface area (Å²) in [5.74, 6) is 5.35. The molecule has 0 aliphatic heterocycles. The van der Waals surface area contributed by atoms with Crippen molar-refractivity contribution in [1.82, 2.24) is 9.88 Å². The second-order valence-corrected chi connectivity index (χ2v) is 6.50. The van der Waals surface area contributed by atoms with Crippen molar-refractivity contribution in [3.05, 3.63) is 33.5 Å². The number of anilines is 1. The average molecular weight is 282 g/mol. The molecular formula is C12H18N4S2. The highest BCUT2D eigenvalue weighted by molar-refractivity contribution is 7.15. The molecule has 2 heterocycles. The van der Waals surface area contributed by atoms with Crippen molar-refractivity contribution in [2.45, 2.75) is 33.0 Å². The summed E-state index contributed by atoms with van der Waals surface area (Å²) in [4.78, 5) is 9.26. The zero-order valence-electron chi connectivity index (χ0n) is 10.6. The van der Waals surface area contributed by atoms with Gasteiger partial charge in [0.15, 0.2) is 5.13 Å². The van der Waals surface area contributed by atoms with Gasteiger partial charge in [0, 0.05) is 35.1 Å². The van der Waals surface area contributed by atoms with Crippen LogP contribution >= 0.6 is 22.7 Å². The molecule has 0 aliphatic rings. The molecule has 0 spiro atoms. The molecule has 4 nitrogen and oxygen atoms in total. The number of nitrogen functional groups attached to an aromatic ring is 1. The molecule has 98 valence electrons. The summed E-state index contributed by atoms with van der Waals surface area (Å²) in [6.07, 6.45) is 1.89. The highest BCUT2D eigenvalue weighted by Crippen LogP contribution is 2.22. The number of hydrazine groups is 1. The van der Waals surface area contributed by atoms with Gasteiger partial charge in [-0.1, -0.05) is 17.4 Å². The fourth-order valence-corrected chi connectivity index (χ4v) is 3.15. The summed E-state index contributed by atoms with van der Waals surface area (Å²) in [6.45, 7) is 6.33. The summed E-state index contributed by atoms with van der Waals surface area (Å²) >= 11 is 3.41. The Morgan fingerprint density at radius 2 is 2.17 bits per heavy atom. The molecule has 0 fully saturated rings. The summed E-state index contributed by atoms with van der Waals surface area (Å²) in [5, 5.41) is 2.89. The van der Waals surface area contributed by atoms with Crippen LogP contribution in [0.4, 0.5) is 5.13 Å². The maximum absolute atomic E-state index is 5.35. The maximum atomic E-state index is 5.35. The third kappa shape index (κ3) is 3.52. The number of nitrogens with one attached hydrogen (secondary N) is 1. The Hall–Kier alpha value is -0.950. The monoisotopic (exact) mass is 282 g/mol. The van der Waals surface area contributed by atoms with Gasteiger partial charge in [-0.25, -0.2) is 10.8 Å². The first-order chi connectivity index (χ1) is 8.69. The number of nitrogens with two attached hydrogens (primary N) is 1. The van der Waals surface area contributed by atoms with Crippen LogP contribution in [-0.4, -0.2) is 15.9 Å². The van der Waals surface area contributed by atoms with Gasteiger partial charge in [0.1, 0.15) is 0 Å². The molecule has 3 N–H and O–H groups in total.